The molecule has 126 valence electrons. The fourth-order valence-electron chi connectivity index (χ4n) is 3.26. The van der Waals surface area contributed by atoms with Gasteiger partial charge in [0.2, 0.25) is 0 Å². The van der Waals surface area contributed by atoms with Crippen LogP contribution in [0.4, 0.5) is 0 Å². The molecule has 6 nitrogen and oxygen atoms in total. The summed E-state index contributed by atoms with van der Waals surface area (Å²) in [6.07, 6.45) is 9.81. The highest BCUT2D eigenvalue weighted by Gasteiger charge is 2.35. The van der Waals surface area contributed by atoms with Crippen LogP contribution in [0.5, 0.6) is 0 Å². The maximum absolute atomic E-state index is 6.07. The minimum atomic E-state index is 0.234. The Morgan fingerprint density at radius 3 is 2.96 bits per heavy atom. The predicted octanol–water partition coefficient (Wildman–Crippen LogP) is 1.86. The summed E-state index contributed by atoms with van der Waals surface area (Å²) in [6, 6.07) is 2.38. The second-order valence-corrected chi connectivity index (χ2v) is 6.09. The van der Waals surface area contributed by atoms with Crippen LogP contribution in [-0.4, -0.2) is 53.7 Å². The van der Waals surface area contributed by atoms with Gasteiger partial charge in [-0.05, 0) is 24.5 Å². The molecule has 2 aromatic heterocycles. The van der Waals surface area contributed by atoms with Crippen molar-refractivity contribution in [2.24, 2.45) is 7.05 Å². The molecular formula is C17H25N3O3. The lowest BCUT2D eigenvalue weighted by Gasteiger charge is -2.27. The number of aromatic nitrogens is 2. The van der Waals surface area contributed by atoms with Gasteiger partial charge in [-0.3, -0.25) is 9.58 Å². The van der Waals surface area contributed by atoms with Crippen LogP contribution in [-0.2, 0) is 29.5 Å². The van der Waals surface area contributed by atoms with Gasteiger partial charge in [0.1, 0.15) is 0 Å². The molecular weight excluding hydrogens is 294 g/mol. The molecule has 1 aliphatic heterocycles. The number of aryl methyl sites for hydroxylation is 1. The van der Waals surface area contributed by atoms with E-state index in [0.717, 1.165) is 25.9 Å². The number of rotatable bonds is 8. The van der Waals surface area contributed by atoms with Crippen molar-refractivity contribution >= 4 is 0 Å². The maximum atomic E-state index is 6.07. The molecule has 0 aromatic carbocycles. The van der Waals surface area contributed by atoms with E-state index in [4.69, 9.17) is 13.9 Å². The van der Waals surface area contributed by atoms with Gasteiger partial charge in [0.05, 0.1) is 38.0 Å². The van der Waals surface area contributed by atoms with Gasteiger partial charge in [0, 0.05) is 45.0 Å². The number of likely N-dealkylation sites (tertiary alicyclic amines) is 1. The van der Waals surface area contributed by atoms with Crippen LogP contribution in [0, 0.1) is 0 Å². The van der Waals surface area contributed by atoms with Gasteiger partial charge in [-0.2, -0.15) is 5.10 Å². The molecule has 0 aliphatic carbocycles. The van der Waals surface area contributed by atoms with Crippen LogP contribution < -0.4 is 0 Å². The van der Waals surface area contributed by atoms with E-state index < -0.39 is 0 Å². The SMILES string of the molecule is COCCO[C@H]1CCN(Cc2ccoc2)[C@H]1Cc1cnn(C)c1. The van der Waals surface area contributed by atoms with E-state index in [-0.39, 0.29) is 6.10 Å². The number of methoxy groups -OCH3 is 1. The van der Waals surface area contributed by atoms with E-state index in [1.54, 1.807) is 13.4 Å². The highest BCUT2D eigenvalue weighted by molar-refractivity contribution is 5.11. The number of nitrogens with zero attached hydrogens (tertiary/aromatic N) is 3. The molecule has 1 aliphatic rings. The van der Waals surface area contributed by atoms with Gasteiger partial charge >= 0.3 is 0 Å². The summed E-state index contributed by atoms with van der Waals surface area (Å²) in [5.74, 6) is 0. The first kappa shape index (κ1) is 16.2. The largest absolute Gasteiger partial charge is 0.472 e. The first-order valence-corrected chi connectivity index (χ1v) is 8.09. The first-order valence-electron chi connectivity index (χ1n) is 8.09. The molecule has 0 amide bonds. The molecule has 3 rings (SSSR count). The minimum Gasteiger partial charge on any atom is -0.472 e. The molecule has 1 saturated heterocycles. The summed E-state index contributed by atoms with van der Waals surface area (Å²) < 4.78 is 18.2. The highest BCUT2D eigenvalue weighted by atomic mass is 16.5. The Labute approximate surface area is 137 Å². The number of furan rings is 1. The predicted molar refractivity (Wildman–Crippen MR) is 86.1 cm³/mol. The van der Waals surface area contributed by atoms with Gasteiger partial charge in [0.15, 0.2) is 0 Å². The Bertz CT molecular complexity index is 582. The molecule has 0 spiro atoms. The molecule has 6 heteroatoms. The lowest BCUT2D eigenvalue weighted by molar-refractivity contribution is -0.00132. The third-order valence-corrected chi connectivity index (χ3v) is 4.39. The van der Waals surface area contributed by atoms with Crippen molar-refractivity contribution in [1.29, 1.82) is 0 Å². The molecule has 3 heterocycles. The summed E-state index contributed by atoms with van der Waals surface area (Å²) in [5.41, 5.74) is 2.45. The zero-order valence-corrected chi connectivity index (χ0v) is 13.9. The Morgan fingerprint density at radius 2 is 2.26 bits per heavy atom. The Morgan fingerprint density at radius 1 is 1.35 bits per heavy atom. The zero-order valence-electron chi connectivity index (χ0n) is 13.9. The van der Waals surface area contributed by atoms with E-state index in [0.29, 0.717) is 19.3 Å². The average Bonchev–Trinajstić information content (AvgIpc) is 3.26. The van der Waals surface area contributed by atoms with Crippen molar-refractivity contribution in [2.45, 2.75) is 31.5 Å². The zero-order chi connectivity index (χ0) is 16.1. The molecule has 0 radical (unpaired) electrons. The van der Waals surface area contributed by atoms with E-state index in [2.05, 4.69) is 16.2 Å². The van der Waals surface area contributed by atoms with Crippen molar-refractivity contribution in [1.82, 2.24) is 14.7 Å². The monoisotopic (exact) mass is 319 g/mol. The van der Waals surface area contributed by atoms with Gasteiger partial charge in [-0.1, -0.05) is 0 Å². The summed E-state index contributed by atoms with van der Waals surface area (Å²) >= 11 is 0. The van der Waals surface area contributed by atoms with Crippen LogP contribution in [0.3, 0.4) is 0 Å². The topological polar surface area (TPSA) is 52.7 Å². The summed E-state index contributed by atoms with van der Waals surface area (Å²) in [4.78, 5) is 2.48. The lowest BCUT2D eigenvalue weighted by Crippen LogP contribution is -2.38. The standard InChI is InChI=1S/C17H25N3O3/c1-19-11-15(10-18-19)9-16-17(23-8-7-21-2)3-5-20(16)12-14-4-6-22-13-14/h4,6,10-11,13,16-17H,3,5,7-9,12H2,1-2H3/t16-,17-/m0/s1. The van der Waals surface area contributed by atoms with Crippen LogP contribution in [0.15, 0.2) is 35.4 Å². The van der Waals surface area contributed by atoms with E-state index in [1.807, 2.05) is 30.3 Å². The Kier molecular flexibility index (Phi) is 5.48. The third-order valence-electron chi connectivity index (χ3n) is 4.39. The van der Waals surface area contributed by atoms with E-state index in [1.165, 1.54) is 11.1 Å². The van der Waals surface area contributed by atoms with Gasteiger partial charge in [-0.15, -0.1) is 0 Å². The Balaban J connectivity index is 1.67. The van der Waals surface area contributed by atoms with Crippen molar-refractivity contribution < 1.29 is 13.9 Å². The second-order valence-electron chi connectivity index (χ2n) is 6.09. The fourth-order valence-corrected chi connectivity index (χ4v) is 3.26. The van der Waals surface area contributed by atoms with Crippen molar-refractivity contribution in [3.8, 4) is 0 Å². The maximum Gasteiger partial charge on any atom is 0.0947 e. The number of hydrogen-bond acceptors (Lipinski definition) is 5. The normalized spacial score (nSPS) is 22.0. The van der Waals surface area contributed by atoms with Crippen LogP contribution in [0.1, 0.15) is 17.5 Å². The molecule has 0 saturated carbocycles. The number of ether oxygens (including phenoxy) is 2. The fraction of sp³-hybridized carbons (Fsp3) is 0.588. The summed E-state index contributed by atoms with van der Waals surface area (Å²) in [6.45, 7) is 3.21. The molecule has 2 aromatic rings. The smallest absolute Gasteiger partial charge is 0.0947 e. The quantitative estimate of drug-likeness (QED) is 0.695. The van der Waals surface area contributed by atoms with Gasteiger partial charge < -0.3 is 13.9 Å². The van der Waals surface area contributed by atoms with Crippen LogP contribution >= 0.6 is 0 Å². The summed E-state index contributed by atoms with van der Waals surface area (Å²) in [5, 5.41) is 4.28. The van der Waals surface area contributed by atoms with Gasteiger partial charge in [-0.25, -0.2) is 0 Å². The van der Waals surface area contributed by atoms with E-state index in [9.17, 15) is 0 Å². The first-order chi connectivity index (χ1) is 11.3. The molecule has 0 N–H and O–H groups in total. The molecule has 0 bridgehead atoms. The minimum absolute atomic E-state index is 0.234. The van der Waals surface area contributed by atoms with Crippen molar-refractivity contribution in [3.05, 3.63) is 42.1 Å². The third kappa shape index (κ3) is 4.22. The van der Waals surface area contributed by atoms with Crippen molar-refractivity contribution in [2.75, 3.05) is 26.9 Å². The van der Waals surface area contributed by atoms with Crippen molar-refractivity contribution in [3.63, 3.8) is 0 Å². The number of hydrogen-bond donors (Lipinski definition) is 0. The van der Waals surface area contributed by atoms with Crippen LogP contribution in [0.2, 0.25) is 0 Å². The van der Waals surface area contributed by atoms with Crippen LogP contribution in [0.25, 0.3) is 0 Å². The lowest BCUT2D eigenvalue weighted by atomic mass is 10.0. The molecule has 1 fully saturated rings. The second kappa shape index (κ2) is 7.77. The molecule has 0 unspecified atom stereocenters. The molecule has 2 atom stereocenters. The highest BCUT2D eigenvalue weighted by Crippen LogP contribution is 2.26. The Hall–Kier alpha value is -1.63. The van der Waals surface area contributed by atoms with Gasteiger partial charge in [0.25, 0.3) is 0 Å². The average molecular weight is 319 g/mol. The summed E-state index contributed by atoms with van der Waals surface area (Å²) in [7, 11) is 3.66. The van der Waals surface area contributed by atoms with E-state index >= 15 is 0 Å². The molecule has 23 heavy (non-hydrogen) atoms.